The molecule has 1 amide bonds. The maximum absolute atomic E-state index is 11.8. The number of benzene rings is 1. The number of pyridine rings is 1. The van der Waals surface area contributed by atoms with Gasteiger partial charge in [0.1, 0.15) is 5.82 Å². The highest BCUT2D eigenvalue weighted by molar-refractivity contribution is 9.10. The van der Waals surface area contributed by atoms with Crippen LogP contribution in [0.25, 0.3) is 0 Å². The summed E-state index contributed by atoms with van der Waals surface area (Å²) >= 11 is 3.34. The molecule has 0 spiro atoms. The number of amides is 1. The molecule has 0 saturated heterocycles. The second kappa shape index (κ2) is 7.65. The SMILES string of the molecule is O=C(NCCCNc1ccccn1)c1ccc(Br)cc1. The normalized spacial score (nSPS) is 10.1. The average molecular weight is 334 g/mol. The highest BCUT2D eigenvalue weighted by Crippen LogP contribution is 2.10. The molecule has 2 aromatic rings. The Kier molecular flexibility index (Phi) is 5.55. The summed E-state index contributed by atoms with van der Waals surface area (Å²) in [6, 6.07) is 13.0. The third-order valence-corrected chi connectivity index (χ3v) is 3.25. The van der Waals surface area contributed by atoms with Crippen molar-refractivity contribution < 1.29 is 4.79 Å². The summed E-state index contributed by atoms with van der Waals surface area (Å²) in [4.78, 5) is 16.0. The summed E-state index contributed by atoms with van der Waals surface area (Å²) < 4.78 is 0.966. The summed E-state index contributed by atoms with van der Waals surface area (Å²) in [5.74, 6) is 0.807. The third kappa shape index (κ3) is 4.66. The molecule has 0 fully saturated rings. The van der Waals surface area contributed by atoms with Gasteiger partial charge >= 0.3 is 0 Å². The molecular formula is C15H16BrN3O. The van der Waals surface area contributed by atoms with Crippen molar-refractivity contribution in [1.29, 1.82) is 0 Å². The van der Waals surface area contributed by atoms with Crippen LogP contribution < -0.4 is 10.6 Å². The molecule has 2 N–H and O–H groups in total. The van der Waals surface area contributed by atoms with E-state index in [1.54, 1.807) is 18.3 Å². The first-order valence-electron chi connectivity index (χ1n) is 6.44. The fraction of sp³-hybridized carbons (Fsp3) is 0.200. The Morgan fingerprint density at radius 3 is 2.60 bits per heavy atom. The van der Waals surface area contributed by atoms with E-state index in [-0.39, 0.29) is 5.91 Å². The Morgan fingerprint density at radius 1 is 1.10 bits per heavy atom. The van der Waals surface area contributed by atoms with Crippen LogP contribution in [0.1, 0.15) is 16.8 Å². The van der Waals surface area contributed by atoms with Crippen molar-refractivity contribution in [1.82, 2.24) is 10.3 Å². The lowest BCUT2D eigenvalue weighted by atomic mass is 10.2. The van der Waals surface area contributed by atoms with Crippen LogP contribution in [0.4, 0.5) is 5.82 Å². The van der Waals surface area contributed by atoms with E-state index < -0.39 is 0 Å². The fourth-order valence-corrected chi connectivity index (χ4v) is 1.94. The second-order valence-electron chi connectivity index (χ2n) is 4.26. The lowest BCUT2D eigenvalue weighted by Crippen LogP contribution is -2.25. The van der Waals surface area contributed by atoms with E-state index in [4.69, 9.17) is 0 Å². The van der Waals surface area contributed by atoms with Gasteiger partial charge < -0.3 is 10.6 Å². The number of hydrogen-bond acceptors (Lipinski definition) is 3. The van der Waals surface area contributed by atoms with Crippen molar-refractivity contribution in [3.63, 3.8) is 0 Å². The molecule has 0 aliphatic rings. The Bertz CT molecular complexity index is 543. The van der Waals surface area contributed by atoms with Crippen molar-refractivity contribution >= 4 is 27.7 Å². The zero-order valence-corrected chi connectivity index (χ0v) is 12.6. The largest absolute Gasteiger partial charge is 0.370 e. The molecule has 0 bridgehead atoms. The first-order chi connectivity index (χ1) is 9.75. The van der Waals surface area contributed by atoms with Gasteiger partial charge in [0.2, 0.25) is 0 Å². The standard InChI is InChI=1S/C15H16BrN3O/c16-13-7-5-12(6-8-13)15(20)19-11-3-10-18-14-4-1-2-9-17-14/h1-2,4-9H,3,10-11H2,(H,17,18)(H,19,20). The van der Waals surface area contributed by atoms with Crippen LogP contribution in [0.2, 0.25) is 0 Å². The number of carbonyl (C=O) groups excluding carboxylic acids is 1. The Labute approximate surface area is 126 Å². The van der Waals surface area contributed by atoms with E-state index in [1.165, 1.54) is 0 Å². The van der Waals surface area contributed by atoms with Crippen LogP contribution >= 0.6 is 15.9 Å². The van der Waals surface area contributed by atoms with Gasteiger partial charge in [-0.05, 0) is 42.8 Å². The van der Waals surface area contributed by atoms with Crippen LogP contribution in [0.3, 0.4) is 0 Å². The van der Waals surface area contributed by atoms with E-state index in [2.05, 4.69) is 31.5 Å². The third-order valence-electron chi connectivity index (χ3n) is 2.72. The number of anilines is 1. The predicted molar refractivity (Wildman–Crippen MR) is 83.8 cm³/mol. The molecule has 0 radical (unpaired) electrons. The van der Waals surface area contributed by atoms with Gasteiger partial charge in [0.15, 0.2) is 0 Å². The molecule has 2 rings (SSSR count). The van der Waals surface area contributed by atoms with Gasteiger partial charge in [0.25, 0.3) is 5.91 Å². The van der Waals surface area contributed by atoms with Crippen molar-refractivity contribution in [2.75, 3.05) is 18.4 Å². The predicted octanol–water partition coefficient (Wildman–Crippen LogP) is 3.08. The van der Waals surface area contributed by atoms with Gasteiger partial charge in [0, 0.05) is 29.3 Å². The molecule has 0 aliphatic heterocycles. The highest BCUT2D eigenvalue weighted by Gasteiger charge is 2.03. The minimum atomic E-state index is -0.0460. The summed E-state index contributed by atoms with van der Waals surface area (Å²) in [6.45, 7) is 1.41. The van der Waals surface area contributed by atoms with Crippen LogP contribution in [0.15, 0.2) is 53.1 Å². The first-order valence-corrected chi connectivity index (χ1v) is 7.24. The zero-order chi connectivity index (χ0) is 14.2. The van der Waals surface area contributed by atoms with Gasteiger partial charge in [-0.2, -0.15) is 0 Å². The van der Waals surface area contributed by atoms with Gasteiger partial charge in [-0.15, -0.1) is 0 Å². The maximum Gasteiger partial charge on any atom is 0.251 e. The summed E-state index contributed by atoms with van der Waals surface area (Å²) in [5, 5.41) is 6.09. The van der Waals surface area contributed by atoms with Gasteiger partial charge in [0.05, 0.1) is 0 Å². The number of hydrogen-bond donors (Lipinski definition) is 2. The molecule has 5 heteroatoms. The minimum Gasteiger partial charge on any atom is -0.370 e. The molecule has 0 saturated carbocycles. The van der Waals surface area contributed by atoms with Gasteiger partial charge in [-0.25, -0.2) is 4.98 Å². The number of rotatable bonds is 6. The molecule has 0 atom stereocenters. The molecule has 1 heterocycles. The molecule has 1 aromatic heterocycles. The van der Waals surface area contributed by atoms with Crippen LogP contribution in [-0.4, -0.2) is 24.0 Å². The molecular weight excluding hydrogens is 318 g/mol. The van der Waals surface area contributed by atoms with E-state index in [0.29, 0.717) is 12.1 Å². The molecule has 0 unspecified atom stereocenters. The molecule has 20 heavy (non-hydrogen) atoms. The number of halogens is 1. The lowest BCUT2D eigenvalue weighted by molar-refractivity contribution is 0.0953. The van der Waals surface area contributed by atoms with Crippen molar-refractivity contribution in [2.24, 2.45) is 0 Å². The van der Waals surface area contributed by atoms with Gasteiger partial charge in [-0.1, -0.05) is 22.0 Å². The number of carbonyl (C=O) groups is 1. The summed E-state index contributed by atoms with van der Waals surface area (Å²) in [5.41, 5.74) is 0.672. The second-order valence-corrected chi connectivity index (χ2v) is 5.17. The number of aromatic nitrogens is 1. The van der Waals surface area contributed by atoms with E-state index in [1.807, 2.05) is 30.3 Å². The van der Waals surface area contributed by atoms with Gasteiger partial charge in [-0.3, -0.25) is 4.79 Å². The lowest BCUT2D eigenvalue weighted by Gasteiger charge is -2.07. The van der Waals surface area contributed by atoms with Crippen molar-refractivity contribution in [3.05, 3.63) is 58.7 Å². The quantitative estimate of drug-likeness (QED) is 0.799. The molecule has 1 aromatic carbocycles. The topological polar surface area (TPSA) is 54.0 Å². The van der Waals surface area contributed by atoms with Crippen LogP contribution in [0.5, 0.6) is 0 Å². The molecule has 4 nitrogen and oxygen atoms in total. The summed E-state index contributed by atoms with van der Waals surface area (Å²) in [6.07, 6.45) is 2.59. The van der Waals surface area contributed by atoms with Crippen LogP contribution in [-0.2, 0) is 0 Å². The highest BCUT2D eigenvalue weighted by atomic mass is 79.9. The average Bonchev–Trinajstić information content (AvgIpc) is 2.48. The Balaban J connectivity index is 1.66. The summed E-state index contributed by atoms with van der Waals surface area (Å²) in [7, 11) is 0. The smallest absolute Gasteiger partial charge is 0.251 e. The zero-order valence-electron chi connectivity index (χ0n) is 11.0. The number of nitrogens with one attached hydrogen (secondary N) is 2. The fourth-order valence-electron chi connectivity index (χ4n) is 1.68. The van der Waals surface area contributed by atoms with Crippen molar-refractivity contribution in [2.45, 2.75) is 6.42 Å². The Hall–Kier alpha value is -1.88. The Morgan fingerprint density at radius 2 is 1.90 bits per heavy atom. The van der Waals surface area contributed by atoms with Crippen molar-refractivity contribution in [3.8, 4) is 0 Å². The molecule has 0 aliphatic carbocycles. The molecule has 104 valence electrons. The van der Waals surface area contributed by atoms with E-state index in [9.17, 15) is 4.79 Å². The minimum absolute atomic E-state index is 0.0460. The number of nitrogens with zero attached hydrogens (tertiary/aromatic N) is 1. The van der Waals surface area contributed by atoms with Crippen LogP contribution in [0, 0.1) is 0 Å². The first kappa shape index (κ1) is 14.5. The maximum atomic E-state index is 11.8. The van der Waals surface area contributed by atoms with E-state index in [0.717, 1.165) is 23.3 Å². The monoisotopic (exact) mass is 333 g/mol. The van der Waals surface area contributed by atoms with E-state index >= 15 is 0 Å².